The Morgan fingerprint density at radius 1 is 1.03 bits per heavy atom. The van der Waals surface area contributed by atoms with Crippen molar-refractivity contribution in [3.8, 4) is 5.82 Å². The lowest BCUT2D eigenvalue weighted by Crippen LogP contribution is -2.40. The van der Waals surface area contributed by atoms with Crippen molar-refractivity contribution in [2.75, 3.05) is 31.6 Å². The van der Waals surface area contributed by atoms with Crippen molar-refractivity contribution in [1.82, 2.24) is 19.1 Å². The van der Waals surface area contributed by atoms with Gasteiger partial charge >= 0.3 is 0 Å². The first-order valence-electron chi connectivity index (χ1n) is 9.00. The number of ether oxygens (including phenoxy) is 1. The summed E-state index contributed by atoms with van der Waals surface area (Å²) in [5.74, 6) is 0.110. The van der Waals surface area contributed by atoms with E-state index in [-0.39, 0.29) is 10.8 Å². The van der Waals surface area contributed by atoms with E-state index in [0.29, 0.717) is 43.4 Å². The van der Waals surface area contributed by atoms with E-state index in [0.717, 1.165) is 0 Å². The standard InChI is InChI=1S/C19H19N5O4S/c25-19(22-17-3-1-8-20-18(17)24-10-2-9-21-24)15-4-6-16(7-5-15)29(26,27)23-11-13-28-14-12-23/h1-10H,11-14H2,(H,22,25). The lowest BCUT2D eigenvalue weighted by atomic mass is 10.2. The number of sulfonamides is 1. The maximum atomic E-state index is 12.7. The number of carbonyl (C=O) groups excluding carboxylic acids is 1. The number of benzene rings is 1. The fourth-order valence-corrected chi connectivity index (χ4v) is 4.39. The van der Waals surface area contributed by atoms with Gasteiger partial charge in [-0.05, 0) is 42.5 Å². The molecule has 10 heteroatoms. The second kappa shape index (κ2) is 8.11. The number of anilines is 1. The molecule has 1 amide bonds. The molecule has 1 aromatic carbocycles. The predicted octanol–water partition coefficient (Wildman–Crippen LogP) is 1.54. The molecule has 2 aromatic heterocycles. The van der Waals surface area contributed by atoms with Crippen LogP contribution in [-0.4, -0.2) is 59.7 Å². The highest BCUT2D eigenvalue weighted by Gasteiger charge is 2.26. The number of hydrogen-bond acceptors (Lipinski definition) is 6. The Balaban J connectivity index is 1.52. The van der Waals surface area contributed by atoms with E-state index >= 15 is 0 Å². The van der Waals surface area contributed by atoms with Gasteiger partial charge in [-0.1, -0.05) is 0 Å². The van der Waals surface area contributed by atoms with E-state index < -0.39 is 10.0 Å². The molecular formula is C19H19N5O4S. The number of rotatable bonds is 5. The molecular weight excluding hydrogens is 394 g/mol. The van der Waals surface area contributed by atoms with Gasteiger partial charge < -0.3 is 10.1 Å². The van der Waals surface area contributed by atoms with Crippen LogP contribution in [0.3, 0.4) is 0 Å². The van der Waals surface area contributed by atoms with E-state index in [1.165, 1.54) is 28.6 Å². The fraction of sp³-hybridized carbons (Fsp3) is 0.211. The van der Waals surface area contributed by atoms with E-state index in [1.54, 1.807) is 41.5 Å². The first-order chi connectivity index (χ1) is 14.1. The molecule has 0 unspecified atom stereocenters. The Labute approximate surface area is 168 Å². The predicted molar refractivity (Wildman–Crippen MR) is 105 cm³/mol. The summed E-state index contributed by atoms with van der Waals surface area (Å²) in [7, 11) is -3.60. The second-order valence-electron chi connectivity index (χ2n) is 6.32. The smallest absolute Gasteiger partial charge is 0.255 e. The van der Waals surface area contributed by atoms with E-state index in [9.17, 15) is 13.2 Å². The number of amides is 1. The second-order valence-corrected chi connectivity index (χ2v) is 8.26. The average Bonchev–Trinajstić information content (AvgIpc) is 3.29. The summed E-state index contributed by atoms with van der Waals surface area (Å²) in [5.41, 5.74) is 0.826. The molecule has 1 fully saturated rings. The van der Waals surface area contributed by atoms with Crippen LogP contribution in [0.1, 0.15) is 10.4 Å². The maximum Gasteiger partial charge on any atom is 0.255 e. The summed E-state index contributed by atoms with van der Waals surface area (Å²) < 4.78 is 33.5. The van der Waals surface area contributed by atoms with Crippen LogP contribution in [0, 0.1) is 0 Å². The zero-order valence-electron chi connectivity index (χ0n) is 15.4. The van der Waals surface area contributed by atoms with Crippen molar-refractivity contribution in [2.45, 2.75) is 4.90 Å². The molecule has 0 bridgehead atoms. The molecule has 29 heavy (non-hydrogen) atoms. The molecule has 0 aliphatic carbocycles. The Morgan fingerprint density at radius 2 is 1.79 bits per heavy atom. The molecule has 150 valence electrons. The topological polar surface area (TPSA) is 106 Å². The summed E-state index contributed by atoms with van der Waals surface area (Å²) in [6.07, 6.45) is 4.95. The number of pyridine rings is 1. The average molecular weight is 413 g/mol. The van der Waals surface area contributed by atoms with Crippen LogP contribution in [0.2, 0.25) is 0 Å². The van der Waals surface area contributed by atoms with Gasteiger partial charge in [0.1, 0.15) is 0 Å². The van der Waals surface area contributed by atoms with Gasteiger partial charge in [0.15, 0.2) is 5.82 Å². The number of aromatic nitrogens is 3. The quantitative estimate of drug-likeness (QED) is 0.680. The van der Waals surface area contributed by atoms with Crippen molar-refractivity contribution in [2.24, 2.45) is 0 Å². The number of carbonyl (C=O) groups is 1. The normalized spacial score (nSPS) is 15.2. The fourth-order valence-electron chi connectivity index (χ4n) is 2.98. The van der Waals surface area contributed by atoms with Gasteiger partial charge in [-0.25, -0.2) is 18.1 Å². The van der Waals surface area contributed by atoms with Crippen molar-refractivity contribution in [3.63, 3.8) is 0 Å². The maximum absolute atomic E-state index is 12.7. The number of nitrogens with zero attached hydrogens (tertiary/aromatic N) is 4. The Hall–Kier alpha value is -3.08. The highest BCUT2D eigenvalue weighted by Crippen LogP contribution is 2.20. The van der Waals surface area contributed by atoms with Crippen molar-refractivity contribution >= 4 is 21.6 Å². The highest BCUT2D eigenvalue weighted by atomic mass is 32.2. The van der Waals surface area contributed by atoms with Crippen molar-refractivity contribution < 1.29 is 17.9 Å². The monoisotopic (exact) mass is 413 g/mol. The molecule has 1 N–H and O–H groups in total. The number of hydrogen-bond donors (Lipinski definition) is 1. The van der Waals surface area contributed by atoms with Gasteiger partial charge in [-0.2, -0.15) is 9.40 Å². The van der Waals surface area contributed by atoms with Crippen LogP contribution >= 0.6 is 0 Å². The minimum Gasteiger partial charge on any atom is -0.379 e. The summed E-state index contributed by atoms with van der Waals surface area (Å²) in [6.45, 7) is 1.40. The summed E-state index contributed by atoms with van der Waals surface area (Å²) in [4.78, 5) is 17.1. The Morgan fingerprint density at radius 3 is 2.48 bits per heavy atom. The zero-order chi connectivity index (χ0) is 20.3. The van der Waals surface area contributed by atoms with Gasteiger partial charge in [0, 0.05) is 37.2 Å². The van der Waals surface area contributed by atoms with Crippen LogP contribution in [0.5, 0.6) is 0 Å². The lowest BCUT2D eigenvalue weighted by Gasteiger charge is -2.26. The van der Waals surface area contributed by atoms with Gasteiger partial charge in [0.2, 0.25) is 10.0 Å². The molecule has 4 rings (SSSR count). The van der Waals surface area contributed by atoms with Gasteiger partial charge in [-0.15, -0.1) is 0 Å². The van der Waals surface area contributed by atoms with Crippen molar-refractivity contribution in [3.05, 3.63) is 66.6 Å². The SMILES string of the molecule is O=C(Nc1cccnc1-n1cccn1)c1ccc(S(=O)(=O)N2CCOCC2)cc1. The van der Waals surface area contributed by atoms with Crippen LogP contribution < -0.4 is 5.32 Å². The first-order valence-corrected chi connectivity index (χ1v) is 10.4. The zero-order valence-corrected chi connectivity index (χ0v) is 16.2. The van der Waals surface area contributed by atoms with Gasteiger partial charge in [0.25, 0.3) is 5.91 Å². The summed E-state index contributed by atoms with van der Waals surface area (Å²) in [6, 6.07) is 11.1. The van der Waals surface area contributed by atoms with Crippen LogP contribution in [0.25, 0.3) is 5.82 Å². The summed E-state index contributed by atoms with van der Waals surface area (Å²) >= 11 is 0. The molecule has 0 spiro atoms. The van der Waals surface area contributed by atoms with Crippen LogP contribution in [-0.2, 0) is 14.8 Å². The molecule has 9 nitrogen and oxygen atoms in total. The van der Waals surface area contributed by atoms with E-state index in [2.05, 4.69) is 15.4 Å². The molecule has 0 atom stereocenters. The van der Waals surface area contributed by atoms with Gasteiger partial charge in [0.05, 0.1) is 23.8 Å². The molecule has 3 heterocycles. The minimum absolute atomic E-state index is 0.148. The van der Waals surface area contributed by atoms with Crippen molar-refractivity contribution in [1.29, 1.82) is 0 Å². The molecule has 1 aliphatic heterocycles. The number of nitrogens with one attached hydrogen (secondary N) is 1. The highest BCUT2D eigenvalue weighted by molar-refractivity contribution is 7.89. The lowest BCUT2D eigenvalue weighted by molar-refractivity contribution is 0.0730. The van der Waals surface area contributed by atoms with E-state index in [1.807, 2.05) is 0 Å². The molecule has 1 aliphatic rings. The van der Waals surface area contributed by atoms with Gasteiger partial charge in [-0.3, -0.25) is 4.79 Å². The number of morpholine rings is 1. The molecule has 0 radical (unpaired) electrons. The molecule has 3 aromatic rings. The third kappa shape index (κ3) is 4.04. The molecule has 1 saturated heterocycles. The molecule has 0 saturated carbocycles. The Bertz CT molecular complexity index is 1090. The third-order valence-corrected chi connectivity index (χ3v) is 6.39. The third-order valence-electron chi connectivity index (χ3n) is 4.48. The van der Waals surface area contributed by atoms with E-state index in [4.69, 9.17) is 4.74 Å². The largest absolute Gasteiger partial charge is 0.379 e. The van der Waals surface area contributed by atoms with Crippen LogP contribution in [0.4, 0.5) is 5.69 Å². The van der Waals surface area contributed by atoms with Crippen LogP contribution in [0.15, 0.2) is 66.0 Å². The minimum atomic E-state index is -3.60. The summed E-state index contributed by atoms with van der Waals surface area (Å²) in [5, 5.41) is 6.93. The first kappa shape index (κ1) is 19.2. The Kier molecular flexibility index (Phi) is 5.38.